The second-order valence-electron chi connectivity index (χ2n) is 5.97. The number of imidazole rings is 1. The molecule has 0 bridgehead atoms. The quantitative estimate of drug-likeness (QED) is 0.546. The molecule has 1 amide bonds. The van der Waals surface area contributed by atoms with Gasteiger partial charge >= 0.3 is 0 Å². The Morgan fingerprint density at radius 1 is 1.04 bits per heavy atom. The predicted octanol–water partition coefficient (Wildman–Crippen LogP) is 3.56. The molecule has 0 fully saturated rings. The highest BCUT2D eigenvalue weighted by atomic mass is 79.9. The highest BCUT2D eigenvalue weighted by Gasteiger charge is 2.16. The summed E-state index contributed by atoms with van der Waals surface area (Å²) in [6.07, 6.45) is 3.43. The largest absolute Gasteiger partial charge is 0.308 e. The fraction of sp³-hybridized carbons (Fsp3) is 0.0500. The summed E-state index contributed by atoms with van der Waals surface area (Å²) in [5.74, 6) is 0.267. The van der Waals surface area contributed by atoms with Gasteiger partial charge in [-0.3, -0.25) is 14.0 Å². The summed E-state index contributed by atoms with van der Waals surface area (Å²) in [5.41, 5.74) is 2.06. The van der Waals surface area contributed by atoms with Crippen LogP contribution in [0.1, 0.15) is 0 Å². The SMILES string of the molecule is O=C(Cn1cc(Br)ccc1=O)Nc1c(-c2ccccc2)nc2ccccn12. The highest BCUT2D eigenvalue weighted by molar-refractivity contribution is 9.10. The summed E-state index contributed by atoms with van der Waals surface area (Å²) in [6.45, 7) is -0.0907. The number of pyridine rings is 2. The van der Waals surface area contributed by atoms with Crippen molar-refractivity contribution >= 4 is 33.3 Å². The summed E-state index contributed by atoms with van der Waals surface area (Å²) in [7, 11) is 0. The van der Waals surface area contributed by atoms with E-state index in [1.54, 1.807) is 12.3 Å². The average molecular weight is 423 g/mol. The van der Waals surface area contributed by atoms with Crippen LogP contribution in [0.15, 0.2) is 82.3 Å². The van der Waals surface area contributed by atoms with Crippen molar-refractivity contribution in [2.75, 3.05) is 5.32 Å². The fourth-order valence-corrected chi connectivity index (χ4v) is 3.24. The van der Waals surface area contributed by atoms with E-state index in [0.29, 0.717) is 11.5 Å². The van der Waals surface area contributed by atoms with Gasteiger partial charge in [0.25, 0.3) is 5.56 Å². The predicted molar refractivity (Wildman–Crippen MR) is 108 cm³/mol. The van der Waals surface area contributed by atoms with Gasteiger partial charge in [-0.2, -0.15) is 0 Å². The molecular weight excluding hydrogens is 408 g/mol. The van der Waals surface area contributed by atoms with Crippen molar-refractivity contribution in [1.29, 1.82) is 0 Å². The van der Waals surface area contributed by atoms with Gasteiger partial charge in [-0.25, -0.2) is 4.98 Å². The Morgan fingerprint density at radius 3 is 2.63 bits per heavy atom. The van der Waals surface area contributed by atoms with Crippen LogP contribution in [0.25, 0.3) is 16.9 Å². The number of carbonyl (C=O) groups is 1. The highest BCUT2D eigenvalue weighted by Crippen LogP contribution is 2.28. The molecule has 3 aromatic heterocycles. The molecule has 0 saturated carbocycles. The summed E-state index contributed by atoms with van der Waals surface area (Å²) in [4.78, 5) is 29.2. The van der Waals surface area contributed by atoms with Gasteiger partial charge in [0.05, 0.1) is 0 Å². The van der Waals surface area contributed by atoms with Crippen LogP contribution in [0, 0.1) is 0 Å². The molecule has 6 nitrogen and oxygen atoms in total. The molecule has 0 aliphatic heterocycles. The summed E-state index contributed by atoms with van der Waals surface area (Å²) in [6, 6.07) is 18.4. The maximum Gasteiger partial charge on any atom is 0.251 e. The van der Waals surface area contributed by atoms with E-state index in [1.807, 2.05) is 59.1 Å². The zero-order valence-electron chi connectivity index (χ0n) is 14.2. The smallest absolute Gasteiger partial charge is 0.251 e. The summed E-state index contributed by atoms with van der Waals surface area (Å²) < 4.78 is 3.91. The van der Waals surface area contributed by atoms with Crippen molar-refractivity contribution in [3.05, 3.63) is 87.9 Å². The van der Waals surface area contributed by atoms with E-state index in [0.717, 1.165) is 15.7 Å². The minimum Gasteiger partial charge on any atom is -0.308 e. The maximum atomic E-state index is 12.6. The number of benzene rings is 1. The Labute approximate surface area is 163 Å². The molecule has 0 atom stereocenters. The van der Waals surface area contributed by atoms with Gasteiger partial charge in [0, 0.05) is 28.5 Å². The molecule has 7 heteroatoms. The van der Waals surface area contributed by atoms with E-state index in [2.05, 4.69) is 26.2 Å². The van der Waals surface area contributed by atoms with Gasteiger partial charge < -0.3 is 9.88 Å². The van der Waals surface area contributed by atoms with E-state index in [-0.39, 0.29) is 18.0 Å². The molecule has 3 heterocycles. The molecule has 0 saturated heterocycles. The van der Waals surface area contributed by atoms with Gasteiger partial charge in [0.1, 0.15) is 23.7 Å². The van der Waals surface area contributed by atoms with Crippen molar-refractivity contribution in [3.8, 4) is 11.3 Å². The molecule has 0 aliphatic rings. The lowest BCUT2D eigenvalue weighted by Crippen LogP contribution is -2.27. The Morgan fingerprint density at radius 2 is 1.81 bits per heavy atom. The number of aromatic nitrogens is 3. The fourth-order valence-electron chi connectivity index (χ4n) is 2.86. The van der Waals surface area contributed by atoms with E-state index in [9.17, 15) is 9.59 Å². The van der Waals surface area contributed by atoms with Gasteiger partial charge in [0.2, 0.25) is 5.91 Å². The third kappa shape index (κ3) is 3.54. The van der Waals surface area contributed by atoms with Crippen LogP contribution in [-0.4, -0.2) is 19.9 Å². The third-order valence-electron chi connectivity index (χ3n) is 4.10. The first-order valence-electron chi connectivity index (χ1n) is 8.30. The number of hydrogen-bond donors (Lipinski definition) is 1. The molecule has 0 aliphatic carbocycles. The molecule has 1 N–H and O–H groups in total. The van der Waals surface area contributed by atoms with Crippen LogP contribution in [0.5, 0.6) is 0 Å². The Balaban J connectivity index is 1.71. The monoisotopic (exact) mass is 422 g/mol. The minimum atomic E-state index is -0.307. The zero-order valence-corrected chi connectivity index (χ0v) is 15.8. The molecule has 1 aromatic carbocycles. The first-order chi connectivity index (χ1) is 13.1. The summed E-state index contributed by atoms with van der Waals surface area (Å²) in [5, 5.41) is 2.91. The van der Waals surface area contributed by atoms with Gasteiger partial charge in [-0.05, 0) is 34.1 Å². The molecule has 0 unspecified atom stereocenters. The minimum absolute atomic E-state index is 0.0907. The average Bonchev–Trinajstić information content (AvgIpc) is 3.04. The Hall–Kier alpha value is -3.19. The van der Waals surface area contributed by atoms with Crippen LogP contribution in [0.4, 0.5) is 5.82 Å². The number of nitrogens with one attached hydrogen (secondary N) is 1. The number of nitrogens with zero attached hydrogens (tertiary/aromatic N) is 3. The van der Waals surface area contributed by atoms with Crippen molar-refractivity contribution in [1.82, 2.24) is 14.0 Å². The number of amides is 1. The molecule has 27 heavy (non-hydrogen) atoms. The molecule has 4 rings (SSSR count). The third-order valence-corrected chi connectivity index (χ3v) is 4.57. The maximum absolute atomic E-state index is 12.6. The number of carbonyl (C=O) groups excluding carboxylic acids is 1. The number of anilines is 1. The topological polar surface area (TPSA) is 68.4 Å². The second-order valence-corrected chi connectivity index (χ2v) is 6.88. The lowest BCUT2D eigenvalue weighted by molar-refractivity contribution is -0.116. The zero-order chi connectivity index (χ0) is 18.8. The Bertz CT molecular complexity index is 1180. The van der Waals surface area contributed by atoms with Crippen LogP contribution in [0.3, 0.4) is 0 Å². The molecular formula is C20H15BrN4O2. The van der Waals surface area contributed by atoms with Crippen LogP contribution in [0.2, 0.25) is 0 Å². The standard InChI is InChI=1S/C20H15BrN4O2/c21-15-9-10-18(27)24(12-15)13-17(26)23-20-19(14-6-2-1-3-7-14)22-16-8-4-5-11-25(16)20/h1-12H,13H2,(H,23,26). The normalized spacial score (nSPS) is 10.9. The van der Waals surface area contributed by atoms with Gasteiger partial charge in [-0.15, -0.1) is 0 Å². The molecule has 134 valence electrons. The number of hydrogen-bond acceptors (Lipinski definition) is 3. The van der Waals surface area contributed by atoms with Gasteiger partial charge in [-0.1, -0.05) is 36.4 Å². The molecule has 0 radical (unpaired) electrons. The van der Waals surface area contributed by atoms with Gasteiger partial charge in [0.15, 0.2) is 0 Å². The second kappa shape index (κ2) is 7.20. The number of fused-ring (bicyclic) bond motifs is 1. The van der Waals surface area contributed by atoms with Crippen molar-refractivity contribution in [2.45, 2.75) is 6.54 Å². The lowest BCUT2D eigenvalue weighted by Gasteiger charge is -2.09. The number of halogens is 1. The van der Waals surface area contributed by atoms with Crippen molar-refractivity contribution in [3.63, 3.8) is 0 Å². The van der Waals surface area contributed by atoms with E-state index in [1.165, 1.54) is 10.6 Å². The lowest BCUT2D eigenvalue weighted by atomic mass is 10.1. The molecule has 0 spiro atoms. The molecule has 4 aromatic rings. The van der Waals surface area contributed by atoms with Crippen LogP contribution < -0.4 is 10.9 Å². The van der Waals surface area contributed by atoms with Crippen molar-refractivity contribution < 1.29 is 4.79 Å². The Kier molecular flexibility index (Phi) is 4.60. The van der Waals surface area contributed by atoms with Crippen molar-refractivity contribution in [2.24, 2.45) is 0 Å². The number of rotatable bonds is 4. The van der Waals surface area contributed by atoms with E-state index >= 15 is 0 Å². The van der Waals surface area contributed by atoms with Crippen LogP contribution in [-0.2, 0) is 11.3 Å². The first kappa shape index (κ1) is 17.2. The first-order valence-corrected chi connectivity index (χ1v) is 9.09. The summed E-state index contributed by atoms with van der Waals surface area (Å²) >= 11 is 3.32. The van der Waals surface area contributed by atoms with E-state index < -0.39 is 0 Å². The van der Waals surface area contributed by atoms with E-state index in [4.69, 9.17) is 0 Å². The van der Waals surface area contributed by atoms with Crippen LogP contribution >= 0.6 is 15.9 Å².